The van der Waals surface area contributed by atoms with Gasteiger partial charge in [-0.2, -0.15) is 0 Å². The molecular weight excluding hydrogens is 214 g/mol. The maximum absolute atomic E-state index is 10.9. The van der Waals surface area contributed by atoms with Gasteiger partial charge in [-0.15, -0.1) is 0 Å². The van der Waals surface area contributed by atoms with Crippen molar-refractivity contribution in [2.24, 2.45) is 0 Å². The van der Waals surface area contributed by atoms with Gasteiger partial charge in [-0.3, -0.25) is 9.59 Å². The second-order valence-electron chi connectivity index (χ2n) is 3.57. The van der Waals surface area contributed by atoms with Gasteiger partial charge < -0.3 is 5.32 Å². The van der Waals surface area contributed by atoms with Crippen LogP contribution < -0.4 is 5.32 Å². The maximum Gasteiger partial charge on any atom is 0.152 e. The SMILES string of the molecule is O=Cc1ccc(C=O)c(Nc2ccccc2)c1. The quantitative estimate of drug-likeness (QED) is 0.813. The largest absolute Gasteiger partial charge is 0.355 e. The number of benzene rings is 2. The standard InChI is InChI=1S/C14H11NO2/c16-9-11-6-7-12(10-17)14(8-11)15-13-4-2-1-3-5-13/h1-10,15H. The molecule has 0 aromatic heterocycles. The Balaban J connectivity index is 2.36. The number of aldehydes is 2. The van der Waals surface area contributed by atoms with Crippen molar-refractivity contribution >= 4 is 23.9 Å². The van der Waals surface area contributed by atoms with E-state index in [0.717, 1.165) is 18.3 Å². The van der Waals surface area contributed by atoms with Crippen LogP contribution >= 0.6 is 0 Å². The maximum atomic E-state index is 10.9. The second kappa shape index (κ2) is 5.07. The van der Waals surface area contributed by atoms with E-state index in [-0.39, 0.29) is 0 Å². The molecule has 0 heterocycles. The minimum absolute atomic E-state index is 0.527. The Morgan fingerprint density at radius 1 is 0.882 bits per heavy atom. The van der Waals surface area contributed by atoms with Gasteiger partial charge in [-0.25, -0.2) is 0 Å². The molecule has 2 aromatic carbocycles. The third kappa shape index (κ3) is 2.58. The van der Waals surface area contributed by atoms with Crippen LogP contribution in [-0.4, -0.2) is 12.6 Å². The Kier molecular flexibility index (Phi) is 3.31. The predicted molar refractivity (Wildman–Crippen MR) is 66.9 cm³/mol. The lowest BCUT2D eigenvalue weighted by Gasteiger charge is -2.09. The Morgan fingerprint density at radius 3 is 2.29 bits per heavy atom. The van der Waals surface area contributed by atoms with E-state index in [1.165, 1.54) is 0 Å². The van der Waals surface area contributed by atoms with Crippen LogP contribution in [-0.2, 0) is 0 Å². The number of anilines is 2. The molecule has 2 aromatic rings. The number of hydrogen-bond donors (Lipinski definition) is 1. The summed E-state index contributed by atoms with van der Waals surface area (Å²) in [7, 11) is 0. The summed E-state index contributed by atoms with van der Waals surface area (Å²) in [5.41, 5.74) is 2.57. The fourth-order valence-corrected chi connectivity index (χ4v) is 1.54. The lowest BCUT2D eigenvalue weighted by Crippen LogP contribution is -1.96. The molecule has 0 atom stereocenters. The molecule has 84 valence electrons. The zero-order valence-corrected chi connectivity index (χ0v) is 9.09. The summed E-state index contributed by atoms with van der Waals surface area (Å²) in [5.74, 6) is 0. The number of carbonyl (C=O) groups is 2. The van der Waals surface area contributed by atoms with Crippen molar-refractivity contribution < 1.29 is 9.59 Å². The average molecular weight is 225 g/mol. The van der Waals surface area contributed by atoms with Crippen molar-refractivity contribution in [3.05, 3.63) is 59.7 Å². The summed E-state index contributed by atoms with van der Waals surface area (Å²) in [6.07, 6.45) is 1.52. The molecule has 2 rings (SSSR count). The van der Waals surface area contributed by atoms with E-state index in [4.69, 9.17) is 0 Å². The third-order valence-corrected chi connectivity index (χ3v) is 2.39. The molecule has 0 aliphatic heterocycles. The summed E-state index contributed by atoms with van der Waals surface area (Å²) in [6, 6.07) is 14.4. The Labute approximate surface area is 99.1 Å². The lowest BCUT2D eigenvalue weighted by molar-refractivity contribution is 0.111. The van der Waals surface area contributed by atoms with Crippen LogP contribution in [0.2, 0.25) is 0 Å². The molecule has 0 unspecified atom stereocenters. The van der Waals surface area contributed by atoms with E-state index in [9.17, 15) is 9.59 Å². The van der Waals surface area contributed by atoms with E-state index in [1.54, 1.807) is 18.2 Å². The highest BCUT2D eigenvalue weighted by molar-refractivity contribution is 5.89. The Morgan fingerprint density at radius 2 is 1.65 bits per heavy atom. The molecule has 0 bridgehead atoms. The van der Waals surface area contributed by atoms with Crippen molar-refractivity contribution in [1.29, 1.82) is 0 Å². The first-order chi connectivity index (χ1) is 8.33. The van der Waals surface area contributed by atoms with Gasteiger partial charge in [0.05, 0.1) is 0 Å². The van der Waals surface area contributed by atoms with Crippen molar-refractivity contribution in [2.45, 2.75) is 0 Å². The molecule has 3 nitrogen and oxygen atoms in total. The molecule has 0 saturated carbocycles. The van der Waals surface area contributed by atoms with E-state index in [2.05, 4.69) is 5.32 Å². The number of para-hydroxylation sites is 1. The van der Waals surface area contributed by atoms with Crippen LogP contribution in [0, 0.1) is 0 Å². The summed E-state index contributed by atoms with van der Waals surface area (Å²) in [4.78, 5) is 21.6. The van der Waals surface area contributed by atoms with Crippen LogP contribution in [0.1, 0.15) is 20.7 Å². The first kappa shape index (κ1) is 11.1. The van der Waals surface area contributed by atoms with Crippen molar-refractivity contribution in [1.82, 2.24) is 0 Å². The molecule has 0 radical (unpaired) electrons. The molecule has 3 heteroatoms. The molecule has 17 heavy (non-hydrogen) atoms. The highest BCUT2D eigenvalue weighted by Crippen LogP contribution is 2.20. The smallest absolute Gasteiger partial charge is 0.152 e. The highest BCUT2D eigenvalue weighted by Gasteiger charge is 2.03. The number of nitrogens with one attached hydrogen (secondary N) is 1. The van der Waals surface area contributed by atoms with Crippen molar-refractivity contribution in [3.63, 3.8) is 0 Å². The molecule has 0 aliphatic rings. The van der Waals surface area contributed by atoms with Crippen molar-refractivity contribution in [2.75, 3.05) is 5.32 Å². The fourth-order valence-electron chi connectivity index (χ4n) is 1.54. The first-order valence-corrected chi connectivity index (χ1v) is 5.20. The zero-order chi connectivity index (χ0) is 12.1. The third-order valence-electron chi connectivity index (χ3n) is 2.39. The van der Waals surface area contributed by atoms with Gasteiger partial charge in [0.2, 0.25) is 0 Å². The molecule has 0 saturated heterocycles. The first-order valence-electron chi connectivity index (χ1n) is 5.20. The normalized spacial score (nSPS) is 9.65. The number of hydrogen-bond acceptors (Lipinski definition) is 3. The highest BCUT2D eigenvalue weighted by atomic mass is 16.1. The van der Waals surface area contributed by atoms with Gasteiger partial charge in [0.25, 0.3) is 0 Å². The summed E-state index contributed by atoms with van der Waals surface area (Å²) >= 11 is 0. The van der Waals surface area contributed by atoms with Gasteiger partial charge in [-0.1, -0.05) is 24.3 Å². The van der Waals surface area contributed by atoms with Crippen molar-refractivity contribution in [3.8, 4) is 0 Å². The summed E-state index contributed by atoms with van der Waals surface area (Å²) in [6.45, 7) is 0. The van der Waals surface area contributed by atoms with Crippen LogP contribution in [0.3, 0.4) is 0 Å². The molecule has 0 fully saturated rings. The topological polar surface area (TPSA) is 46.2 Å². The van der Waals surface area contributed by atoms with Gasteiger partial charge in [-0.05, 0) is 24.3 Å². The van der Waals surface area contributed by atoms with Gasteiger partial charge >= 0.3 is 0 Å². The molecule has 0 amide bonds. The molecule has 0 aliphatic carbocycles. The van der Waals surface area contributed by atoms with Crippen LogP contribution in [0.4, 0.5) is 11.4 Å². The van der Waals surface area contributed by atoms with Crippen LogP contribution in [0.15, 0.2) is 48.5 Å². The van der Waals surface area contributed by atoms with E-state index >= 15 is 0 Å². The van der Waals surface area contributed by atoms with Gasteiger partial charge in [0, 0.05) is 22.5 Å². The predicted octanol–water partition coefficient (Wildman–Crippen LogP) is 3.06. The van der Waals surface area contributed by atoms with E-state index < -0.39 is 0 Å². The minimum atomic E-state index is 0.527. The van der Waals surface area contributed by atoms with E-state index in [0.29, 0.717) is 16.8 Å². The van der Waals surface area contributed by atoms with E-state index in [1.807, 2.05) is 30.3 Å². The average Bonchev–Trinajstić information content (AvgIpc) is 2.40. The Hall–Kier alpha value is -2.42. The number of carbonyl (C=O) groups excluding carboxylic acids is 2. The molecule has 1 N–H and O–H groups in total. The minimum Gasteiger partial charge on any atom is -0.355 e. The molecular formula is C14H11NO2. The van der Waals surface area contributed by atoms with Gasteiger partial charge in [0.1, 0.15) is 6.29 Å². The van der Waals surface area contributed by atoms with Crippen LogP contribution in [0.5, 0.6) is 0 Å². The fraction of sp³-hybridized carbons (Fsp3) is 0. The summed E-state index contributed by atoms with van der Waals surface area (Å²) in [5, 5.41) is 3.11. The Bertz CT molecular complexity index is 535. The summed E-state index contributed by atoms with van der Waals surface area (Å²) < 4.78 is 0. The molecule has 0 spiro atoms. The van der Waals surface area contributed by atoms with Gasteiger partial charge in [0.15, 0.2) is 6.29 Å². The number of rotatable bonds is 4. The monoisotopic (exact) mass is 225 g/mol. The van der Waals surface area contributed by atoms with Crippen LogP contribution in [0.25, 0.3) is 0 Å². The lowest BCUT2D eigenvalue weighted by atomic mass is 10.1. The zero-order valence-electron chi connectivity index (χ0n) is 9.09. The second-order valence-corrected chi connectivity index (χ2v) is 3.57.